The molecule has 2 rings (SSSR count). The molecule has 0 saturated carbocycles. The Morgan fingerprint density at radius 3 is 2.18 bits per heavy atom. The number of nitrogens with two attached hydrogens (primary N) is 1. The molecule has 0 aliphatic carbocycles. The smallest absolute Gasteiger partial charge is 0.394 e. The number of anilines is 1. The van der Waals surface area contributed by atoms with E-state index in [4.69, 9.17) is 33.4 Å². The highest BCUT2D eigenvalue weighted by Crippen LogP contribution is 2.28. The van der Waals surface area contributed by atoms with Crippen LogP contribution in [0.4, 0.5) is 5.69 Å². The normalized spacial score (nSPS) is 14.9. The van der Waals surface area contributed by atoms with Gasteiger partial charge in [0.2, 0.25) is 0 Å². The third-order valence-corrected chi connectivity index (χ3v) is 3.05. The molecule has 10 heteroatoms. The van der Waals surface area contributed by atoms with Crippen LogP contribution in [0.5, 0.6) is 5.75 Å². The van der Waals surface area contributed by atoms with Crippen molar-refractivity contribution in [1.82, 2.24) is 4.90 Å². The van der Waals surface area contributed by atoms with Crippen LogP contribution in [0, 0.1) is 5.41 Å². The zero-order chi connectivity index (χ0) is 16.8. The van der Waals surface area contributed by atoms with Crippen LogP contribution in [0.2, 0.25) is 0 Å². The fourth-order valence-electron chi connectivity index (χ4n) is 2.08. The third kappa shape index (κ3) is 6.16. The van der Waals surface area contributed by atoms with Crippen molar-refractivity contribution in [3.05, 3.63) is 24.3 Å². The average Bonchev–Trinajstić information content (AvgIpc) is 2.45. The Balaban J connectivity index is 0.000000422. The average molecular weight is 332 g/mol. The molecule has 0 atom stereocenters. The molecule has 1 aliphatic rings. The fraction of sp³-hybridized carbons (Fsp3) is 0.417. The van der Waals surface area contributed by atoms with E-state index < -0.39 is 10.4 Å². The van der Waals surface area contributed by atoms with Crippen molar-refractivity contribution in [2.45, 2.75) is 0 Å². The van der Waals surface area contributed by atoms with Crippen LogP contribution in [-0.2, 0) is 10.4 Å². The summed E-state index contributed by atoms with van der Waals surface area (Å²) in [6.07, 6.45) is 0. The van der Waals surface area contributed by atoms with E-state index >= 15 is 0 Å². The predicted octanol–water partition coefficient (Wildman–Crippen LogP) is 0.0579. The highest BCUT2D eigenvalue weighted by molar-refractivity contribution is 7.79. The van der Waals surface area contributed by atoms with Gasteiger partial charge < -0.3 is 20.3 Å². The number of para-hydroxylation sites is 2. The van der Waals surface area contributed by atoms with Crippen LogP contribution in [0.15, 0.2) is 24.3 Å². The third-order valence-electron chi connectivity index (χ3n) is 3.05. The molecule has 9 nitrogen and oxygen atoms in total. The quantitative estimate of drug-likeness (QED) is 0.338. The van der Waals surface area contributed by atoms with Gasteiger partial charge >= 0.3 is 10.4 Å². The molecule has 1 saturated heterocycles. The van der Waals surface area contributed by atoms with Gasteiger partial charge in [-0.15, -0.1) is 0 Å². The number of hydrogen-bond donors (Lipinski definition) is 4. The summed E-state index contributed by atoms with van der Waals surface area (Å²) in [5, 5.41) is 7.40. The van der Waals surface area contributed by atoms with Crippen LogP contribution in [0.1, 0.15) is 0 Å². The minimum absolute atomic E-state index is 0.157. The van der Waals surface area contributed by atoms with Crippen LogP contribution >= 0.6 is 0 Å². The maximum atomic E-state index is 8.74. The van der Waals surface area contributed by atoms with Gasteiger partial charge in [-0.3, -0.25) is 14.5 Å². The molecule has 1 aromatic rings. The zero-order valence-corrected chi connectivity index (χ0v) is 13.0. The van der Waals surface area contributed by atoms with E-state index in [0.717, 1.165) is 37.6 Å². The van der Waals surface area contributed by atoms with Gasteiger partial charge in [0.1, 0.15) is 5.75 Å². The van der Waals surface area contributed by atoms with E-state index in [0.29, 0.717) is 0 Å². The molecule has 1 aliphatic heterocycles. The number of nitrogens with zero attached hydrogens (tertiary/aromatic N) is 2. The molecule has 0 unspecified atom stereocenters. The van der Waals surface area contributed by atoms with Gasteiger partial charge in [0, 0.05) is 26.2 Å². The number of piperazine rings is 1. The minimum atomic E-state index is -4.67. The number of benzene rings is 1. The summed E-state index contributed by atoms with van der Waals surface area (Å²) >= 11 is 0. The van der Waals surface area contributed by atoms with Crippen LogP contribution < -0.4 is 15.4 Å². The fourth-order valence-corrected chi connectivity index (χ4v) is 2.08. The number of hydrogen-bond acceptors (Lipinski definition) is 5. The molecule has 22 heavy (non-hydrogen) atoms. The lowest BCUT2D eigenvalue weighted by atomic mass is 10.2. The van der Waals surface area contributed by atoms with Crippen molar-refractivity contribution >= 4 is 22.0 Å². The molecule has 1 aromatic carbocycles. The van der Waals surface area contributed by atoms with Crippen LogP contribution in [-0.4, -0.2) is 61.7 Å². The second kappa shape index (κ2) is 7.82. The maximum Gasteiger partial charge on any atom is 0.394 e. The Morgan fingerprint density at radius 1 is 1.23 bits per heavy atom. The lowest BCUT2D eigenvalue weighted by Crippen LogP contribution is -2.50. The van der Waals surface area contributed by atoms with Crippen molar-refractivity contribution < 1.29 is 22.3 Å². The molecule has 0 amide bonds. The molecular formula is C12H20N4O5S. The van der Waals surface area contributed by atoms with Gasteiger partial charge in [0.25, 0.3) is 0 Å². The molecule has 1 heterocycles. The van der Waals surface area contributed by atoms with E-state index in [2.05, 4.69) is 11.0 Å². The van der Waals surface area contributed by atoms with Gasteiger partial charge in [0.15, 0.2) is 5.96 Å². The SMILES string of the molecule is COc1ccccc1N1CCN(C(=N)N)CC1.O=S(=O)(O)O. The first-order valence-corrected chi connectivity index (χ1v) is 7.79. The van der Waals surface area contributed by atoms with Crippen LogP contribution in [0.3, 0.4) is 0 Å². The Morgan fingerprint density at radius 2 is 1.73 bits per heavy atom. The summed E-state index contributed by atoms with van der Waals surface area (Å²) in [5.41, 5.74) is 6.58. The van der Waals surface area contributed by atoms with Crippen molar-refractivity contribution in [3.63, 3.8) is 0 Å². The standard InChI is InChI=1S/C12H18N4O.H2O4S/c1-17-11-5-3-2-4-10(11)15-6-8-16(9-7-15)12(13)14;1-5(2,3)4/h2-5H,6-9H2,1H3,(H3,13,14);(H2,1,2,3,4). The topological polar surface area (TPSA) is 140 Å². The second-order valence-corrected chi connectivity index (χ2v) is 5.37. The number of methoxy groups -OCH3 is 1. The zero-order valence-electron chi connectivity index (χ0n) is 12.1. The van der Waals surface area contributed by atoms with Crippen molar-refractivity contribution in [2.75, 3.05) is 38.2 Å². The largest absolute Gasteiger partial charge is 0.495 e. The van der Waals surface area contributed by atoms with Crippen molar-refractivity contribution in [2.24, 2.45) is 5.73 Å². The van der Waals surface area contributed by atoms with Crippen LogP contribution in [0.25, 0.3) is 0 Å². The molecular weight excluding hydrogens is 312 g/mol. The molecule has 5 N–H and O–H groups in total. The molecule has 0 radical (unpaired) electrons. The van der Waals surface area contributed by atoms with E-state index in [1.54, 1.807) is 7.11 Å². The molecule has 0 spiro atoms. The first-order chi connectivity index (χ1) is 10.2. The lowest BCUT2D eigenvalue weighted by molar-refractivity contribution is 0.373. The summed E-state index contributed by atoms with van der Waals surface area (Å²) in [6.45, 7) is 3.29. The van der Waals surface area contributed by atoms with E-state index in [1.807, 2.05) is 23.1 Å². The van der Waals surface area contributed by atoms with Crippen molar-refractivity contribution in [1.29, 1.82) is 5.41 Å². The summed E-state index contributed by atoms with van der Waals surface area (Å²) in [5.74, 6) is 1.05. The monoisotopic (exact) mass is 332 g/mol. The summed E-state index contributed by atoms with van der Waals surface area (Å²) in [6, 6.07) is 8.00. The van der Waals surface area contributed by atoms with Gasteiger partial charge in [-0.25, -0.2) is 0 Å². The number of ether oxygens (including phenoxy) is 1. The Hall–Kier alpha value is -2.04. The molecule has 1 fully saturated rings. The number of guanidine groups is 1. The van der Waals surface area contributed by atoms with E-state index in [1.165, 1.54) is 0 Å². The second-order valence-electron chi connectivity index (χ2n) is 4.48. The van der Waals surface area contributed by atoms with Crippen molar-refractivity contribution in [3.8, 4) is 5.75 Å². The lowest BCUT2D eigenvalue weighted by Gasteiger charge is -2.36. The number of nitrogens with one attached hydrogen (secondary N) is 1. The summed E-state index contributed by atoms with van der Waals surface area (Å²) in [7, 11) is -2.98. The first kappa shape index (κ1) is 18.0. The first-order valence-electron chi connectivity index (χ1n) is 6.39. The van der Waals surface area contributed by atoms with E-state index in [9.17, 15) is 0 Å². The summed E-state index contributed by atoms with van der Waals surface area (Å²) < 4.78 is 36.9. The Labute approximate surface area is 129 Å². The number of rotatable bonds is 2. The maximum absolute atomic E-state index is 8.74. The van der Waals surface area contributed by atoms with Gasteiger partial charge in [-0.1, -0.05) is 12.1 Å². The molecule has 0 bridgehead atoms. The Bertz CT molecular complexity index is 591. The van der Waals surface area contributed by atoms with E-state index in [-0.39, 0.29) is 5.96 Å². The molecule has 124 valence electrons. The highest BCUT2D eigenvalue weighted by Gasteiger charge is 2.19. The molecule has 0 aromatic heterocycles. The minimum Gasteiger partial charge on any atom is -0.495 e. The van der Waals surface area contributed by atoms with Gasteiger partial charge in [-0.2, -0.15) is 8.42 Å². The highest BCUT2D eigenvalue weighted by atomic mass is 32.3. The summed E-state index contributed by atoms with van der Waals surface area (Å²) in [4.78, 5) is 4.14. The van der Waals surface area contributed by atoms with Gasteiger partial charge in [0.05, 0.1) is 12.8 Å². The van der Waals surface area contributed by atoms with Gasteiger partial charge in [-0.05, 0) is 12.1 Å². The Kier molecular flexibility index (Phi) is 6.40. The predicted molar refractivity (Wildman–Crippen MR) is 82.9 cm³/mol.